The fourth-order valence-electron chi connectivity index (χ4n) is 2.60. The van der Waals surface area contributed by atoms with E-state index in [1.54, 1.807) is 11.9 Å². The zero-order valence-electron chi connectivity index (χ0n) is 12.0. The van der Waals surface area contributed by atoms with Gasteiger partial charge in [-0.15, -0.1) is 0 Å². The minimum atomic E-state index is -1.22. The molecule has 0 spiro atoms. The predicted molar refractivity (Wildman–Crippen MR) is 76.8 cm³/mol. The third kappa shape index (κ3) is 3.27. The average molecular weight is 294 g/mol. The van der Waals surface area contributed by atoms with Gasteiger partial charge in [-0.25, -0.2) is 9.78 Å². The molecule has 8 heteroatoms. The van der Waals surface area contributed by atoms with Crippen molar-refractivity contribution in [3.63, 3.8) is 0 Å². The van der Waals surface area contributed by atoms with Gasteiger partial charge in [-0.05, 0) is 26.4 Å². The van der Waals surface area contributed by atoms with Crippen molar-refractivity contribution in [1.29, 1.82) is 0 Å². The van der Waals surface area contributed by atoms with Crippen molar-refractivity contribution in [2.45, 2.75) is 18.9 Å². The first kappa shape index (κ1) is 15.2. The molecule has 2 rings (SSSR count). The van der Waals surface area contributed by atoms with Crippen molar-refractivity contribution in [2.24, 2.45) is 0 Å². The first-order valence-electron chi connectivity index (χ1n) is 6.69. The highest BCUT2D eigenvalue weighted by Gasteiger charge is 2.28. The number of carboxylic acids is 1. The number of nitrogens with zero attached hydrogens (tertiary/aromatic N) is 4. The molecule has 1 atom stereocenters. The lowest BCUT2D eigenvalue weighted by molar-refractivity contribution is -0.384. The minimum absolute atomic E-state index is 0.130. The molecule has 0 aliphatic carbocycles. The summed E-state index contributed by atoms with van der Waals surface area (Å²) >= 11 is 0. The van der Waals surface area contributed by atoms with Gasteiger partial charge in [0.05, 0.1) is 10.5 Å². The molecule has 1 N–H and O–H groups in total. The number of likely N-dealkylation sites (N-methyl/N-ethyl adjacent to an activating group) is 2. The summed E-state index contributed by atoms with van der Waals surface area (Å²) in [6, 6.07) is 1.19. The Balaban J connectivity index is 2.33. The Hall–Kier alpha value is -2.22. The Morgan fingerprint density at radius 2 is 2.33 bits per heavy atom. The van der Waals surface area contributed by atoms with Crippen LogP contribution in [0.2, 0.25) is 0 Å². The maximum absolute atomic E-state index is 11.2. The number of nitro groups is 1. The Bertz CT molecular complexity index is 563. The number of carboxylic acid groups (broad SMARTS) is 1. The Morgan fingerprint density at radius 3 is 2.90 bits per heavy atom. The van der Waals surface area contributed by atoms with Crippen LogP contribution < -0.4 is 4.90 Å². The Labute approximate surface area is 122 Å². The van der Waals surface area contributed by atoms with Gasteiger partial charge in [-0.2, -0.15) is 0 Å². The fourth-order valence-corrected chi connectivity index (χ4v) is 2.60. The van der Waals surface area contributed by atoms with E-state index < -0.39 is 10.9 Å². The van der Waals surface area contributed by atoms with E-state index in [9.17, 15) is 14.9 Å². The highest BCUT2D eigenvalue weighted by molar-refractivity contribution is 5.88. The third-order valence-corrected chi connectivity index (χ3v) is 3.77. The first-order valence-corrected chi connectivity index (χ1v) is 6.69. The molecular weight excluding hydrogens is 276 g/mol. The number of anilines is 1. The molecule has 1 saturated heterocycles. The highest BCUT2D eigenvalue weighted by atomic mass is 16.6. The smallest absolute Gasteiger partial charge is 0.337 e. The van der Waals surface area contributed by atoms with E-state index in [1.165, 1.54) is 0 Å². The van der Waals surface area contributed by atoms with E-state index in [0.29, 0.717) is 0 Å². The lowest BCUT2D eigenvalue weighted by Crippen LogP contribution is -2.45. The van der Waals surface area contributed by atoms with Crippen LogP contribution >= 0.6 is 0 Å². The number of aromatic nitrogens is 1. The minimum Gasteiger partial charge on any atom is -0.478 e. The van der Waals surface area contributed by atoms with Crippen LogP contribution in [0.15, 0.2) is 12.3 Å². The van der Waals surface area contributed by atoms with E-state index in [2.05, 4.69) is 9.88 Å². The number of pyridine rings is 1. The summed E-state index contributed by atoms with van der Waals surface area (Å²) in [7, 11) is 3.77. The standard InChI is InChI=1S/C13H18N4O4/c1-15-5-3-4-10(8-15)16(2)12-11(17(20)21)6-9(7-14-12)13(18)19/h6-7,10H,3-5,8H2,1-2H3,(H,18,19). The summed E-state index contributed by atoms with van der Waals surface area (Å²) in [6.07, 6.45) is 3.11. The van der Waals surface area contributed by atoms with Gasteiger partial charge in [0.2, 0.25) is 5.82 Å². The second-order valence-electron chi connectivity index (χ2n) is 5.30. The van der Waals surface area contributed by atoms with Gasteiger partial charge < -0.3 is 14.9 Å². The third-order valence-electron chi connectivity index (χ3n) is 3.77. The maximum Gasteiger partial charge on any atom is 0.337 e. The Kier molecular flexibility index (Phi) is 4.37. The van der Waals surface area contributed by atoms with Crippen LogP contribution in [0.5, 0.6) is 0 Å². The van der Waals surface area contributed by atoms with E-state index in [1.807, 2.05) is 7.05 Å². The maximum atomic E-state index is 11.2. The zero-order valence-corrected chi connectivity index (χ0v) is 12.0. The molecule has 1 aliphatic heterocycles. The number of rotatable bonds is 4. The van der Waals surface area contributed by atoms with Crippen LogP contribution in [0.1, 0.15) is 23.2 Å². The van der Waals surface area contributed by atoms with Gasteiger partial charge >= 0.3 is 11.7 Å². The van der Waals surface area contributed by atoms with Crippen molar-refractivity contribution >= 4 is 17.5 Å². The molecule has 0 saturated carbocycles. The number of likely N-dealkylation sites (tertiary alicyclic amines) is 1. The van der Waals surface area contributed by atoms with Crippen molar-refractivity contribution in [1.82, 2.24) is 9.88 Å². The summed E-state index contributed by atoms with van der Waals surface area (Å²) in [5, 5.41) is 20.1. The topological polar surface area (TPSA) is 99.8 Å². The van der Waals surface area contributed by atoms with Gasteiger partial charge in [0.15, 0.2) is 0 Å². The summed E-state index contributed by atoms with van der Waals surface area (Å²) in [4.78, 5) is 29.5. The molecule has 1 fully saturated rings. The number of hydrogen-bond acceptors (Lipinski definition) is 6. The van der Waals surface area contributed by atoms with Gasteiger partial charge in [0, 0.05) is 31.9 Å². The number of piperidine rings is 1. The zero-order chi connectivity index (χ0) is 15.6. The molecule has 0 radical (unpaired) electrons. The molecule has 1 aromatic rings. The molecule has 2 heterocycles. The lowest BCUT2D eigenvalue weighted by atomic mass is 10.0. The number of aromatic carboxylic acids is 1. The fraction of sp³-hybridized carbons (Fsp3) is 0.538. The van der Waals surface area contributed by atoms with Crippen molar-refractivity contribution < 1.29 is 14.8 Å². The quantitative estimate of drug-likeness (QED) is 0.658. The largest absolute Gasteiger partial charge is 0.478 e. The lowest BCUT2D eigenvalue weighted by Gasteiger charge is -2.36. The van der Waals surface area contributed by atoms with Crippen molar-refractivity contribution in [3.05, 3.63) is 27.9 Å². The molecule has 1 unspecified atom stereocenters. The number of carbonyl (C=O) groups is 1. The van der Waals surface area contributed by atoms with Crippen LogP contribution in [0, 0.1) is 10.1 Å². The Morgan fingerprint density at radius 1 is 1.62 bits per heavy atom. The van der Waals surface area contributed by atoms with Crippen LogP contribution in [0.4, 0.5) is 11.5 Å². The summed E-state index contributed by atoms with van der Waals surface area (Å²) in [5.41, 5.74) is -0.453. The molecule has 8 nitrogen and oxygen atoms in total. The SMILES string of the molecule is CN1CCCC(N(C)c2ncc(C(=O)O)cc2[N+](=O)[O-])C1. The van der Waals surface area contributed by atoms with Gasteiger partial charge in [0.1, 0.15) is 0 Å². The molecular formula is C13H18N4O4. The average Bonchev–Trinajstić information content (AvgIpc) is 2.45. The highest BCUT2D eigenvalue weighted by Crippen LogP contribution is 2.29. The predicted octanol–water partition coefficient (Wildman–Crippen LogP) is 1.22. The van der Waals surface area contributed by atoms with E-state index in [4.69, 9.17) is 5.11 Å². The van der Waals surface area contributed by atoms with Gasteiger partial charge in [0.25, 0.3) is 0 Å². The van der Waals surface area contributed by atoms with Crippen LogP contribution in [-0.4, -0.2) is 59.1 Å². The van der Waals surface area contributed by atoms with Crippen LogP contribution in [0.25, 0.3) is 0 Å². The van der Waals surface area contributed by atoms with E-state index >= 15 is 0 Å². The molecule has 0 amide bonds. The molecule has 1 aliphatic rings. The summed E-state index contributed by atoms with van der Waals surface area (Å²) in [6.45, 7) is 1.81. The monoisotopic (exact) mass is 294 g/mol. The molecule has 21 heavy (non-hydrogen) atoms. The molecule has 114 valence electrons. The van der Waals surface area contributed by atoms with E-state index in [-0.39, 0.29) is 23.1 Å². The van der Waals surface area contributed by atoms with Crippen LogP contribution in [-0.2, 0) is 0 Å². The molecule has 0 bridgehead atoms. The van der Waals surface area contributed by atoms with Gasteiger partial charge in [-0.3, -0.25) is 10.1 Å². The van der Waals surface area contributed by atoms with Crippen LogP contribution in [0.3, 0.4) is 0 Å². The van der Waals surface area contributed by atoms with Crippen molar-refractivity contribution in [3.8, 4) is 0 Å². The van der Waals surface area contributed by atoms with E-state index in [0.717, 1.165) is 38.2 Å². The second kappa shape index (κ2) is 6.04. The first-order chi connectivity index (χ1) is 9.90. The van der Waals surface area contributed by atoms with Gasteiger partial charge in [-0.1, -0.05) is 0 Å². The molecule has 0 aromatic carbocycles. The molecule has 1 aromatic heterocycles. The summed E-state index contributed by atoms with van der Waals surface area (Å²) in [5.74, 6) is -1.01. The summed E-state index contributed by atoms with van der Waals surface area (Å²) < 4.78 is 0. The normalized spacial score (nSPS) is 19.2. The second-order valence-corrected chi connectivity index (χ2v) is 5.30. The van der Waals surface area contributed by atoms with Crippen molar-refractivity contribution in [2.75, 3.05) is 32.1 Å². The number of hydrogen-bond donors (Lipinski definition) is 1.